The summed E-state index contributed by atoms with van der Waals surface area (Å²) in [5, 5.41) is 0. The zero-order valence-corrected chi connectivity index (χ0v) is 8.29. The lowest BCUT2D eigenvalue weighted by Gasteiger charge is -2.18. The molecule has 1 heterocycles. The van der Waals surface area contributed by atoms with E-state index in [-0.39, 0.29) is 6.04 Å². The van der Waals surface area contributed by atoms with Gasteiger partial charge in [-0.1, -0.05) is 0 Å². The molecule has 78 valence electrons. The molecule has 1 aliphatic rings. The second-order valence-electron chi connectivity index (χ2n) is 3.49. The quantitative estimate of drug-likeness (QED) is 0.464. The normalized spacial score (nSPS) is 24.9. The van der Waals surface area contributed by atoms with Crippen molar-refractivity contribution in [3.8, 4) is 0 Å². The molecule has 2 atom stereocenters. The molecule has 13 heavy (non-hydrogen) atoms. The number of nitrogens with one attached hydrogen (secondary N) is 1. The van der Waals surface area contributed by atoms with Gasteiger partial charge in [-0.3, -0.25) is 11.3 Å². The van der Waals surface area contributed by atoms with Crippen LogP contribution in [-0.4, -0.2) is 32.5 Å². The molecule has 1 saturated heterocycles. The van der Waals surface area contributed by atoms with Crippen molar-refractivity contribution in [1.82, 2.24) is 5.43 Å². The van der Waals surface area contributed by atoms with Gasteiger partial charge in [0, 0.05) is 25.9 Å². The van der Waals surface area contributed by atoms with Gasteiger partial charge in [0.15, 0.2) is 0 Å². The van der Waals surface area contributed by atoms with Gasteiger partial charge < -0.3 is 9.47 Å². The van der Waals surface area contributed by atoms with E-state index >= 15 is 0 Å². The van der Waals surface area contributed by atoms with Crippen LogP contribution in [0.25, 0.3) is 0 Å². The van der Waals surface area contributed by atoms with Crippen LogP contribution < -0.4 is 11.3 Å². The van der Waals surface area contributed by atoms with E-state index in [9.17, 15) is 0 Å². The molecule has 4 nitrogen and oxygen atoms in total. The average Bonchev–Trinajstić information content (AvgIpc) is 2.64. The third kappa shape index (κ3) is 4.04. The highest BCUT2D eigenvalue weighted by Gasteiger charge is 2.19. The van der Waals surface area contributed by atoms with Crippen molar-refractivity contribution in [2.75, 3.05) is 26.4 Å². The summed E-state index contributed by atoms with van der Waals surface area (Å²) in [5.41, 5.74) is 2.78. The van der Waals surface area contributed by atoms with Crippen LogP contribution in [0.3, 0.4) is 0 Å². The number of hydrogen-bond donors (Lipinski definition) is 2. The van der Waals surface area contributed by atoms with E-state index in [0.29, 0.717) is 12.5 Å². The Labute approximate surface area is 79.7 Å². The molecule has 0 aliphatic carbocycles. The van der Waals surface area contributed by atoms with Crippen LogP contribution in [0.2, 0.25) is 0 Å². The lowest BCUT2D eigenvalue weighted by atomic mass is 10.00. The maximum absolute atomic E-state index is 5.42. The maximum atomic E-state index is 5.42. The van der Waals surface area contributed by atoms with Gasteiger partial charge in [0.25, 0.3) is 0 Å². The van der Waals surface area contributed by atoms with E-state index in [2.05, 4.69) is 5.43 Å². The van der Waals surface area contributed by atoms with Crippen molar-refractivity contribution >= 4 is 0 Å². The van der Waals surface area contributed by atoms with Gasteiger partial charge in [0.05, 0.1) is 6.61 Å². The zero-order chi connectivity index (χ0) is 9.52. The summed E-state index contributed by atoms with van der Waals surface area (Å²) >= 11 is 0. The van der Waals surface area contributed by atoms with Crippen molar-refractivity contribution < 1.29 is 9.47 Å². The fourth-order valence-electron chi connectivity index (χ4n) is 1.62. The minimum absolute atomic E-state index is 0.270. The highest BCUT2D eigenvalue weighted by Crippen LogP contribution is 2.17. The summed E-state index contributed by atoms with van der Waals surface area (Å²) in [7, 11) is 0. The first-order valence-electron chi connectivity index (χ1n) is 4.98. The Morgan fingerprint density at radius 3 is 3.08 bits per heavy atom. The molecule has 1 aliphatic heterocycles. The van der Waals surface area contributed by atoms with E-state index in [4.69, 9.17) is 15.3 Å². The molecule has 1 fully saturated rings. The number of hydrogen-bond acceptors (Lipinski definition) is 4. The number of ether oxygens (including phenoxy) is 2. The Morgan fingerprint density at radius 2 is 2.54 bits per heavy atom. The largest absolute Gasteiger partial charge is 0.381 e. The van der Waals surface area contributed by atoms with Gasteiger partial charge in [0.2, 0.25) is 0 Å². The lowest BCUT2D eigenvalue weighted by Crippen LogP contribution is -2.40. The van der Waals surface area contributed by atoms with Crippen LogP contribution in [0.15, 0.2) is 0 Å². The number of hydrazine groups is 1. The fraction of sp³-hybridized carbons (Fsp3) is 1.00. The van der Waals surface area contributed by atoms with Crippen molar-refractivity contribution in [2.45, 2.75) is 25.8 Å². The van der Waals surface area contributed by atoms with Gasteiger partial charge in [0.1, 0.15) is 0 Å². The van der Waals surface area contributed by atoms with Crippen molar-refractivity contribution in [3.05, 3.63) is 0 Å². The minimum Gasteiger partial charge on any atom is -0.381 e. The third-order valence-electron chi connectivity index (χ3n) is 2.40. The Hall–Kier alpha value is -0.160. The first-order chi connectivity index (χ1) is 6.36. The van der Waals surface area contributed by atoms with E-state index in [1.165, 1.54) is 0 Å². The van der Waals surface area contributed by atoms with E-state index < -0.39 is 0 Å². The predicted octanol–water partition coefficient (Wildman–Crippen LogP) is 0.281. The summed E-state index contributed by atoms with van der Waals surface area (Å²) in [5.74, 6) is 6.08. The zero-order valence-electron chi connectivity index (χ0n) is 8.29. The van der Waals surface area contributed by atoms with Crippen LogP contribution in [-0.2, 0) is 9.47 Å². The molecule has 3 N–H and O–H groups in total. The molecule has 0 saturated carbocycles. The van der Waals surface area contributed by atoms with Crippen molar-refractivity contribution in [3.63, 3.8) is 0 Å². The summed E-state index contributed by atoms with van der Waals surface area (Å²) in [6.07, 6.45) is 2.21. The van der Waals surface area contributed by atoms with Crippen LogP contribution in [0.4, 0.5) is 0 Å². The first kappa shape index (κ1) is 10.9. The smallest absolute Gasteiger partial charge is 0.0633 e. The second kappa shape index (κ2) is 6.32. The summed E-state index contributed by atoms with van der Waals surface area (Å²) in [4.78, 5) is 0. The Morgan fingerprint density at radius 1 is 1.69 bits per heavy atom. The third-order valence-corrected chi connectivity index (χ3v) is 2.40. The number of nitrogens with two attached hydrogens (primary N) is 1. The van der Waals surface area contributed by atoms with E-state index in [1.807, 2.05) is 6.92 Å². The van der Waals surface area contributed by atoms with Crippen LogP contribution >= 0.6 is 0 Å². The van der Waals surface area contributed by atoms with Gasteiger partial charge >= 0.3 is 0 Å². The molecule has 0 radical (unpaired) electrons. The monoisotopic (exact) mass is 188 g/mol. The summed E-state index contributed by atoms with van der Waals surface area (Å²) < 4.78 is 10.6. The SMILES string of the molecule is CCOCC(CC1CCOC1)NN. The fourth-order valence-corrected chi connectivity index (χ4v) is 1.62. The molecular formula is C9H20N2O2. The number of rotatable bonds is 6. The molecule has 0 aromatic carbocycles. The van der Waals surface area contributed by atoms with Gasteiger partial charge in [-0.15, -0.1) is 0 Å². The molecule has 0 spiro atoms. The van der Waals surface area contributed by atoms with Gasteiger partial charge in [-0.05, 0) is 25.7 Å². The highest BCUT2D eigenvalue weighted by molar-refractivity contribution is 4.72. The van der Waals surface area contributed by atoms with E-state index in [0.717, 1.165) is 32.7 Å². The van der Waals surface area contributed by atoms with Crippen LogP contribution in [0.5, 0.6) is 0 Å². The van der Waals surface area contributed by atoms with Crippen molar-refractivity contribution in [1.29, 1.82) is 0 Å². The van der Waals surface area contributed by atoms with Gasteiger partial charge in [-0.25, -0.2) is 0 Å². The average molecular weight is 188 g/mol. The van der Waals surface area contributed by atoms with Crippen LogP contribution in [0.1, 0.15) is 19.8 Å². The molecule has 0 bridgehead atoms. The lowest BCUT2D eigenvalue weighted by molar-refractivity contribution is 0.111. The Bertz CT molecular complexity index is 127. The molecule has 4 heteroatoms. The molecule has 2 unspecified atom stereocenters. The maximum Gasteiger partial charge on any atom is 0.0633 e. The minimum atomic E-state index is 0.270. The molecule has 0 aromatic heterocycles. The van der Waals surface area contributed by atoms with E-state index in [1.54, 1.807) is 0 Å². The first-order valence-corrected chi connectivity index (χ1v) is 4.98. The van der Waals surface area contributed by atoms with Gasteiger partial charge in [-0.2, -0.15) is 0 Å². The van der Waals surface area contributed by atoms with Crippen molar-refractivity contribution in [2.24, 2.45) is 11.8 Å². The molecular weight excluding hydrogens is 168 g/mol. The van der Waals surface area contributed by atoms with Crippen LogP contribution in [0, 0.1) is 5.92 Å². The standard InChI is InChI=1S/C9H20N2O2/c1-2-12-7-9(11-10)5-8-3-4-13-6-8/h8-9,11H,2-7,10H2,1H3. The Balaban J connectivity index is 2.13. The Kier molecular flexibility index (Phi) is 5.31. The molecule has 0 aromatic rings. The summed E-state index contributed by atoms with van der Waals surface area (Å²) in [6.45, 7) is 5.22. The summed E-state index contributed by atoms with van der Waals surface area (Å²) in [6, 6.07) is 0.270. The predicted molar refractivity (Wildman–Crippen MR) is 51.1 cm³/mol. The topological polar surface area (TPSA) is 56.5 Å². The highest BCUT2D eigenvalue weighted by atomic mass is 16.5. The molecule has 0 amide bonds. The second-order valence-corrected chi connectivity index (χ2v) is 3.49. The molecule has 1 rings (SSSR count).